The standard InChI is InChI=1S/C17H22N2/c1-2-15-11-7-13-19-17(15)16(18)12-6-10-14-8-4-3-5-9-14/h3-5,7-9,11,13,16H,2,6,10,12,18H2,1H3. The second-order valence-electron chi connectivity index (χ2n) is 4.89. The quantitative estimate of drug-likeness (QED) is 0.854. The van der Waals surface area contributed by atoms with Gasteiger partial charge >= 0.3 is 0 Å². The molecular weight excluding hydrogens is 232 g/mol. The van der Waals surface area contributed by atoms with Gasteiger partial charge in [-0.1, -0.05) is 43.3 Å². The monoisotopic (exact) mass is 254 g/mol. The lowest BCUT2D eigenvalue weighted by Gasteiger charge is -2.14. The van der Waals surface area contributed by atoms with Crippen LogP contribution in [0.3, 0.4) is 0 Å². The van der Waals surface area contributed by atoms with Crippen molar-refractivity contribution in [2.75, 3.05) is 0 Å². The van der Waals surface area contributed by atoms with Crippen molar-refractivity contribution in [1.82, 2.24) is 4.98 Å². The Bertz CT molecular complexity index is 494. The predicted molar refractivity (Wildman–Crippen MR) is 79.9 cm³/mol. The van der Waals surface area contributed by atoms with Crippen molar-refractivity contribution in [3.05, 3.63) is 65.5 Å². The van der Waals surface area contributed by atoms with Crippen molar-refractivity contribution in [2.45, 2.75) is 38.6 Å². The first-order valence-electron chi connectivity index (χ1n) is 7.04. The molecule has 2 rings (SSSR count). The molecule has 1 atom stereocenters. The molecular formula is C17H22N2. The lowest BCUT2D eigenvalue weighted by atomic mass is 9.99. The van der Waals surface area contributed by atoms with Gasteiger partial charge in [0.1, 0.15) is 0 Å². The van der Waals surface area contributed by atoms with E-state index in [0.717, 1.165) is 31.4 Å². The Labute approximate surface area is 115 Å². The van der Waals surface area contributed by atoms with Crippen molar-refractivity contribution in [3.8, 4) is 0 Å². The van der Waals surface area contributed by atoms with Crippen LogP contribution in [-0.2, 0) is 12.8 Å². The van der Waals surface area contributed by atoms with Crippen LogP contribution < -0.4 is 5.73 Å². The van der Waals surface area contributed by atoms with E-state index in [-0.39, 0.29) is 6.04 Å². The van der Waals surface area contributed by atoms with Crippen LogP contribution in [0.4, 0.5) is 0 Å². The highest BCUT2D eigenvalue weighted by atomic mass is 14.8. The average molecular weight is 254 g/mol. The summed E-state index contributed by atoms with van der Waals surface area (Å²) in [7, 11) is 0. The highest BCUT2D eigenvalue weighted by molar-refractivity contribution is 5.22. The Morgan fingerprint density at radius 3 is 2.63 bits per heavy atom. The molecule has 1 unspecified atom stereocenters. The minimum Gasteiger partial charge on any atom is -0.323 e. The van der Waals surface area contributed by atoms with Gasteiger partial charge in [-0.2, -0.15) is 0 Å². The summed E-state index contributed by atoms with van der Waals surface area (Å²) in [4.78, 5) is 4.45. The summed E-state index contributed by atoms with van der Waals surface area (Å²) in [6.07, 6.45) is 6.01. The normalized spacial score (nSPS) is 12.3. The van der Waals surface area contributed by atoms with Gasteiger partial charge in [-0.25, -0.2) is 0 Å². The number of aryl methyl sites for hydroxylation is 2. The summed E-state index contributed by atoms with van der Waals surface area (Å²) in [6, 6.07) is 14.7. The highest BCUT2D eigenvalue weighted by Crippen LogP contribution is 2.19. The predicted octanol–water partition coefficient (Wildman–Crippen LogP) is 3.67. The van der Waals surface area contributed by atoms with E-state index >= 15 is 0 Å². The summed E-state index contributed by atoms with van der Waals surface area (Å²) in [5, 5.41) is 0. The van der Waals surface area contributed by atoms with Gasteiger partial charge in [0.25, 0.3) is 0 Å². The molecule has 0 aliphatic heterocycles. The minimum absolute atomic E-state index is 0.0554. The summed E-state index contributed by atoms with van der Waals surface area (Å²) < 4.78 is 0. The summed E-state index contributed by atoms with van der Waals surface area (Å²) >= 11 is 0. The molecule has 0 spiro atoms. The van der Waals surface area contributed by atoms with Crippen molar-refractivity contribution in [1.29, 1.82) is 0 Å². The van der Waals surface area contributed by atoms with Crippen LogP contribution >= 0.6 is 0 Å². The van der Waals surface area contributed by atoms with Crippen LogP contribution in [0.5, 0.6) is 0 Å². The maximum Gasteiger partial charge on any atom is 0.0602 e. The molecule has 0 saturated heterocycles. The Kier molecular flexibility index (Phi) is 5.10. The fourth-order valence-electron chi connectivity index (χ4n) is 2.39. The largest absolute Gasteiger partial charge is 0.323 e. The Hall–Kier alpha value is -1.67. The SMILES string of the molecule is CCc1cccnc1C(N)CCCc1ccccc1. The van der Waals surface area contributed by atoms with E-state index in [9.17, 15) is 0 Å². The minimum atomic E-state index is 0.0554. The van der Waals surface area contributed by atoms with Gasteiger partial charge in [0.15, 0.2) is 0 Å². The van der Waals surface area contributed by atoms with Crippen molar-refractivity contribution in [2.24, 2.45) is 5.73 Å². The zero-order chi connectivity index (χ0) is 13.5. The van der Waals surface area contributed by atoms with E-state index < -0.39 is 0 Å². The molecule has 2 heteroatoms. The van der Waals surface area contributed by atoms with Crippen molar-refractivity contribution < 1.29 is 0 Å². The van der Waals surface area contributed by atoms with Gasteiger partial charge in [0.2, 0.25) is 0 Å². The second kappa shape index (κ2) is 7.05. The van der Waals surface area contributed by atoms with Gasteiger partial charge < -0.3 is 5.73 Å². The molecule has 1 heterocycles. The van der Waals surface area contributed by atoms with Crippen LogP contribution in [0.1, 0.15) is 42.6 Å². The number of hydrogen-bond acceptors (Lipinski definition) is 2. The molecule has 0 saturated carbocycles. The van der Waals surface area contributed by atoms with Crippen LogP contribution in [0.15, 0.2) is 48.7 Å². The van der Waals surface area contributed by atoms with E-state index in [1.54, 1.807) is 0 Å². The number of rotatable bonds is 6. The first-order chi connectivity index (χ1) is 9.31. The first kappa shape index (κ1) is 13.8. The summed E-state index contributed by atoms with van der Waals surface area (Å²) in [6.45, 7) is 2.15. The second-order valence-corrected chi connectivity index (χ2v) is 4.89. The molecule has 2 aromatic rings. The molecule has 1 aromatic heterocycles. The zero-order valence-corrected chi connectivity index (χ0v) is 11.5. The van der Waals surface area contributed by atoms with E-state index in [1.165, 1.54) is 11.1 Å². The Balaban J connectivity index is 1.89. The lowest BCUT2D eigenvalue weighted by molar-refractivity contribution is 0.592. The third-order valence-electron chi connectivity index (χ3n) is 3.48. The first-order valence-corrected chi connectivity index (χ1v) is 7.04. The average Bonchev–Trinajstić information content (AvgIpc) is 2.48. The number of hydrogen-bond donors (Lipinski definition) is 1. The van der Waals surface area contributed by atoms with Crippen LogP contribution in [0.25, 0.3) is 0 Å². The number of pyridine rings is 1. The molecule has 0 radical (unpaired) electrons. The van der Waals surface area contributed by atoms with Gasteiger partial charge in [-0.05, 0) is 42.9 Å². The lowest BCUT2D eigenvalue weighted by Crippen LogP contribution is -2.14. The van der Waals surface area contributed by atoms with Crippen LogP contribution in [0, 0.1) is 0 Å². The zero-order valence-electron chi connectivity index (χ0n) is 11.5. The van der Waals surface area contributed by atoms with E-state index in [2.05, 4.69) is 48.3 Å². The smallest absolute Gasteiger partial charge is 0.0602 e. The number of nitrogens with two attached hydrogens (primary N) is 1. The molecule has 2 N–H and O–H groups in total. The Morgan fingerprint density at radius 1 is 1.11 bits per heavy atom. The molecule has 0 amide bonds. The molecule has 2 nitrogen and oxygen atoms in total. The van der Waals surface area contributed by atoms with Crippen LogP contribution in [-0.4, -0.2) is 4.98 Å². The molecule has 0 aliphatic carbocycles. The summed E-state index contributed by atoms with van der Waals surface area (Å²) in [5.41, 5.74) is 9.99. The third-order valence-corrected chi connectivity index (χ3v) is 3.48. The molecule has 100 valence electrons. The van der Waals surface area contributed by atoms with E-state index in [4.69, 9.17) is 5.73 Å². The number of aromatic nitrogens is 1. The highest BCUT2D eigenvalue weighted by Gasteiger charge is 2.10. The molecule has 1 aromatic carbocycles. The molecule has 0 bridgehead atoms. The maximum absolute atomic E-state index is 6.27. The van der Waals surface area contributed by atoms with E-state index in [1.807, 2.05) is 12.3 Å². The van der Waals surface area contributed by atoms with Gasteiger partial charge in [-0.3, -0.25) is 4.98 Å². The van der Waals surface area contributed by atoms with Crippen molar-refractivity contribution >= 4 is 0 Å². The fourth-order valence-corrected chi connectivity index (χ4v) is 2.39. The third kappa shape index (κ3) is 3.90. The molecule has 19 heavy (non-hydrogen) atoms. The molecule has 0 aliphatic rings. The Morgan fingerprint density at radius 2 is 1.89 bits per heavy atom. The number of nitrogens with zero attached hydrogens (tertiary/aromatic N) is 1. The topological polar surface area (TPSA) is 38.9 Å². The van der Waals surface area contributed by atoms with Crippen LogP contribution in [0.2, 0.25) is 0 Å². The van der Waals surface area contributed by atoms with Gasteiger partial charge in [0.05, 0.1) is 5.69 Å². The van der Waals surface area contributed by atoms with Gasteiger partial charge in [-0.15, -0.1) is 0 Å². The van der Waals surface area contributed by atoms with Crippen molar-refractivity contribution in [3.63, 3.8) is 0 Å². The fraction of sp³-hybridized carbons (Fsp3) is 0.353. The van der Waals surface area contributed by atoms with E-state index in [0.29, 0.717) is 0 Å². The summed E-state index contributed by atoms with van der Waals surface area (Å²) in [5.74, 6) is 0. The van der Waals surface area contributed by atoms with Gasteiger partial charge in [0, 0.05) is 12.2 Å². The number of benzene rings is 1. The molecule has 0 fully saturated rings. The maximum atomic E-state index is 6.27.